The molecule has 6 heteroatoms. The molecule has 3 aromatic rings. The predicted molar refractivity (Wildman–Crippen MR) is 114 cm³/mol. The van der Waals surface area contributed by atoms with Gasteiger partial charge in [0.2, 0.25) is 0 Å². The SMILES string of the molecule is Cc1nn(-c2ccccc2)c(Cl)c1/C=N/N1CCN(Cc2ccccc2)CC1. The van der Waals surface area contributed by atoms with E-state index in [4.69, 9.17) is 11.6 Å². The average Bonchev–Trinajstić information content (AvgIpc) is 3.02. The van der Waals surface area contributed by atoms with Crippen LogP contribution in [0, 0.1) is 6.92 Å². The van der Waals surface area contributed by atoms with Crippen LogP contribution in [0.4, 0.5) is 0 Å². The number of piperazine rings is 1. The van der Waals surface area contributed by atoms with Gasteiger partial charge in [-0.25, -0.2) is 4.68 Å². The Labute approximate surface area is 170 Å². The van der Waals surface area contributed by atoms with E-state index in [2.05, 4.69) is 50.4 Å². The van der Waals surface area contributed by atoms with E-state index in [0.29, 0.717) is 5.15 Å². The lowest BCUT2D eigenvalue weighted by molar-refractivity contribution is 0.131. The van der Waals surface area contributed by atoms with Crippen LogP contribution < -0.4 is 0 Å². The number of hydrazone groups is 1. The van der Waals surface area contributed by atoms with E-state index >= 15 is 0 Å². The zero-order chi connectivity index (χ0) is 19.3. The Balaban J connectivity index is 1.38. The highest BCUT2D eigenvalue weighted by atomic mass is 35.5. The van der Waals surface area contributed by atoms with Gasteiger partial charge in [0.25, 0.3) is 0 Å². The van der Waals surface area contributed by atoms with E-state index in [1.807, 2.05) is 43.5 Å². The summed E-state index contributed by atoms with van der Waals surface area (Å²) < 4.78 is 1.76. The van der Waals surface area contributed by atoms with E-state index in [-0.39, 0.29) is 0 Å². The van der Waals surface area contributed by atoms with Crippen molar-refractivity contribution in [2.75, 3.05) is 26.2 Å². The fourth-order valence-corrected chi connectivity index (χ4v) is 3.71. The molecule has 1 aromatic heterocycles. The molecule has 2 aromatic carbocycles. The lowest BCUT2D eigenvalue weighted by atomic mass is 10.2. The van der Waals surface area contributed by atoms with Crippen molar-refractivity contribution in [1.29, 1.82) is 0 Å². The highest BCUT2D eigenvalue weighted by molar-refractivity contribution is 6.32. The minimum Gasteiger partial charge on any atom is -0.295 e. The van der Waals surface area contributed by atoms with Crippen molar-refractivity contribution >= 4 is 17.8 Å². The van der Waals surface area contributed by atoms with Gasteiger partial charge in [-0.1, -0.05) is 60.1 Å². The molecule has 0 bridgehead atoms. The quantitative estimate of drug-likeness (QED) is 0.615. The van der Waals surface area contributed by atoms with Gasteiger partial charge in [0.05, 0.1) is 23.2 Å². The molecule has 28 heavy (non-hydrogen) atoms. The lowest BCUT2D eigenvalue weighted by Crippen LogP contribution is -2.43. The molecule has 0 unspecified atom stereocenters. The summed E-state index contributed by atoms with van der Waals surface area (Å²) in [6.07, 6.45) is 1.84. The van der Waals surface area contributed by atoms with Gasteiger partial charge in [0.15, 0.2) is 0 Å². The number of nitrogens with zero attached hydrogens (tertiary/aromatic N) is 5. The number of hydrogen-bond donors (Lipinski definition) is 0. The Bertz CT molecular complexity index is 928. The van der Waals surface area contributed by atoms with Crippen LogP contribution in [-0.2, 0) is 6.54 Å². The summed E-state index contributed by atoms with van der Waals surface area (Å²) in [5, 5.41) is 11.9. The van der Waals surface area contributed by atoms with Crippen molar-refractivity contribution < 1.29 is 0 Å². The third-order valence-corrected chi connectivity index (χ3v) is 5.36. The fourth-order valence-electron chi connectivity index (χ4n) is 3.39. The molecule has 0 amide bonds. The molecule has 0 N–H and O–H groups in total. The molecule has 0 saturated carbocycles. The third-order valence-electron chi connectivity index (χ3n) is 5.00. The average molecular weight is 394 g/mol. The van der Waals surface area contributed by atoms with Gasteiger partial charge >= 0.3 is 0 Å². The molecule has 0 radical (unpaired) electrons. The molecule has 2 heterocycles. The summed E-state index contributed by atoms with van der Waals surface area (Å²) >= 11 is 6.58. The molecule has 144 valence electrons. The summed E-state index contributed by atoms with van der Waals surface area (Å²) in [5.74, 6) is 0. The van der Waals surface area contributed by atoms with Crippen LogP contribution in [0.25, 0.3) is 5.69 Å². The Morgan fingerprint density at radius 3 is 2.29 bits per heavy atom. The van der Waals surface area contributed by atoms with Crippen molar-refractivity contribution in [3.05, 3.63) is 82.6 Å². The van der Waals surface area contributed by atoms with Gasteiger partial charge in [0, 0.05) is 32.7 Å². The predicted octanol–water partition coefficient (Wildman–Crippen LogP) is 3.99. The smallest absolute Gasteiger partial charge is 0.142 e. The number of aryl methyl sites for hydroxylation is 1. The first-order valence-electron chi connectivity index (χ1n) is 9.56. The Hall–Kier alpha value is -2.63. The molecule has 4 rings (SSSR count). The Morgan fingerprint density at radius 2 is 1.61 bits per heavy atom. The number of benzene rings is 2. The van der Waals surface area contributed by atoms with Crippen LogP contribution in [-0.4, -0.2) is 52.1 Å². The van der Waals surface area contributed by atoms with E-state index < -0.39 is 0 Å². The van der Waals surface area contributed by atoms with Crippen LogP contribution in [0.5, 0.6) is 0 Å². The Kier molecular flexibility index (Phi) is 5.74. The zero-order valence-corrected chi connectivity index (χ0v) is 16.8. The highest BCUT2D eigenvalue weighted by Crippen LogP contribution is 2.22. The molecule has 1 fully saturated rings. The maximum absolute atomic E-state index is 6.58. The van der Waals surface area contributed by atoms with Crippen molar-refractivity contribution in [3.8, 4) is 5.69 Å². The molecular weight excluding hydrogens is 370 g/mol. The normalized spacial score (nSPS) is 15.4. The van der Waals surface area contributed by atoms with E-state index in [9.17, 15) is 0 Å². The fraction of sp³-hybridized carbons (Fsp3) is 0.273. The van der Waals surface area contributed by atoms with Crippen molar-refractivity contribution in [2.45, 2.75) is 13.5 Å². The molecule has 0 aliphatic carbocycles. The minimum absolute atomic E-state index is 0.593. The molecule has 1 aliphatic rings. The summed E-state index contributed by atoms with van der Waals surface area (Å²) in [6.45, 7) is 6.78. The maximum Gasteiger partial charge on any atom is 0.142 e. The molecule has 0 spiro atoms. The van der Waals surface area contributed by atoms with Crippen molar-refractivity contribution in [3.63, 3.8) is 0 Å². The van der Waals surface area contributed by atoms with E-state index in [1.54, 1.807) is 4.68 Å². The van der Waals surface area contributed by atoms with Crippen LogP contribution >= 0.6 is 11.6 Å². The van der Waals surface area contributed by atoms with Gasteiger partial charge in [0.1, 0.15) is 5.15 Å². The van der Waals surface area contributed by atoms with Gasteiger partial charge in [-0.2, -0.15) is 10.2 Å². The second-order valence-corrected chi connectivity index (χ2v) is 7.36. The maximum atomic E-state index is 6.58. The first-order chi connectivity index (χ1) is 13.7. The summed E-state index contributed by atoms with van der Waals surface area (Å²) in [6, 6.07) is 20.5. The molecule has 5 nitrogen and oxygen atoms in total. The van der Waals surface area contributed by atoms with E-state index in [0.717, 1.165) is 49.7 Å². The van der Waals surface area contributed by atoms with Crippen molar-refractivity contribution in [1.82, 2.24) is 19.7 Å². The summed E-state index contributed by atoms with van der Waals surface area (Å²) in [5.41, 5.74) is 4.05. The number of halogens is 1. The van der Waals surface area contributed by atoms with E-state index in [1.165, 1.54) is 5.56 Å². The molecule has 1 saturated heterocycles. The number of para-hydroxylation sites is 1. The second kappa shape index (κ2) is 8.59. The Morgan fingerprint density at radius 1 is 0.964 bits per heavy atom. The third kappa shape index (κ3) is 4.26. The first-order valence-corrected chi connectivity index (χ1v) is 9.94. The van der Waals surface area contributed by atoms with Crippen LogP contribution in [0.15, 0.2) is 65.8 Å². The summed E-state index contributed by atoms with van der Waals surface area (Å²) in [4.78, 5) is 2.47. The van der Waals surface area contributed by atoms with Crippen molar-refractivity contribution in [2.24, 2.45) is 5.10 Å². The minimum atomic E-state index is 0.593. The first kappa shape index (κ1) is 18.7. The highest BCUT2D eigenvalue weighted by Gasteiger charge is 2.17. The number of rotatable bonds is 5. The molecule has 1 aliphatic heterocycles. The molecular formula is C22H24ClN5. The monoisotopic (exact) mass is 393 g/mol. The van der Waals surface area contributed by atoms with Gasteiger partial charge in [-0.15, -0.1) is 0 Å². The van der Waals surface area contributed by atoms with Gasteiger partial charge < -0.3 is 0 Å². The lowest BCUT2D eigenvalue weighted by Gasteiger charge is -2.33. The van der Waals surface area contributed by atoms with Crippen LogP contribution in [0.3, 0.4) is 0 Å². The number of aromatic nitrogens is 2. The second-order valence-electron chi connectivity index (χ2n) is 7.00. The number of hydrogen-bond acceptors (Lipinski definition) is 4. The summed E-state index contributed by atoms with van der Waals surface area (Å²) in [7, 11) is 0. The van der Waals surface area contributed by atoms with Crippen LogP contribution in [0.2, 0.25) is 5.15 Å². The van der Waals surface area contributed by atoms with Gasteiger partial charge in [-0.3, -0.25) is 9.91 Å². The molecule has 0 atom stereocenters. The zero-order valence-electron chi connectivity index (χ0n) is 16.0. The van der Waals surface area contributed by atoms with Gasteiger partial charge in [-0.05, 0) is 24.6 Å². The largest absolute Gasteiger partial charge is 0.295 e. The van der Waals surface area contributed by atoms with Crippen LogP contribution in [0.1, 0.15) is 16.8 Å². The topological polar surface area (TPSA) is 36.7 Å². The standard InChI is InChI=1S/C22H24ClN5/c1-18-21(22(23)28(25-18)20-10-6-3-7-11-20)16-24-27-14-12-26(13-15-27)17-19-8-4-2-5-9-19/h2-11,16H,12-15,17H2,1H3/b24-16+.